The van der Waals surface area contributed by atoms with E-state index in [9.17, 15) is 9.59 Å². The zero-order valence-corrected chi connectivity index (χ0v) is 19.2. The predicted molar refractivity (Wildman–Crippen MR) is 120 cm³/mol. The van der Waals surface area contributed by atoms with E-state index in [0.29, 0.717) is 19.4 Å². The minimum atomic E-state index is -0.342. The van der Waals surface area contributed by atoms with E-state index in [1.807, 2.05) is 6.92 Å². The molecule has 0 bridgehead atoms. The van der Waals surface area contributed by atoms with E-state index in [2.05, 4.69) is 18.8 Å². The molecule has 1 atom stereocenters. The second-order valence-corrected chi connectivity index (χ2v) is 7.74. The highest BCUT2D eigenvalue weighted by Gasteiger charge is 2.11. The lowest BCUT2D eigenvalue weighted by molar-refractivity contribution is -0.147. The van der Waals surface area contributed by atoms with Crippen molar-refractivity contribution in [3.05, 3.63) is 0 Å². The molecule has 0 aliphatic carbocycles. The molecule has 0 N–H and O–H groups in total. The lowest BCUT2D eigenvalue weighted by Crippen LogP contribution is -2.16. The molecule has 29 heavy (non-hydrogen) atoms. The second-order valence-electron chi connectivity index (χ2n) is 7.74. The van der Waals surface area contributed by atoms with Crippen LogP contribution < -0.4 is 0 Å². The fraction of sp³-hybridized carbons (Fsp3) is 0.840. The van der Waals surface area contributed by atoms with E-state index in [1.54, 1.807) is 6.92 Å². The van der Waals surface area contributed by atoms with Crippen LogP contribution in [-0.4, -0.2) is 24.6 Å². The van der Waals surface area contributed by atoms with Gasteiger partial charge in [0.15, 0.2) is 6.10 Å². The molecule has 0 fully saturated rings. The predicted octanol–water partition coefficient (Wildman–Crippen LogP) is 6.75. The fourth-order valence-corrected chi connectivity index (χ4v) is 3.17. The Morgan fingerprint density at radius 1 is 0.724 bits per heavy atom. The van der Waals surface area contributed by atoms with Gasteiger partial charge in [-0.05, 0) is 26.2 Å². The smallest absolute Gasteiger partial charge is 0.307 e. The van der Waals surface area contributed by atoms with Gasteiger partial charge in [0.25, 0.3) is 0 Å². The molecule has 0 radical (unpaired) electrons. The molecule has 0 rings (SSSR count). The normalized spacial score (nSPS) is 11.4. The number of ether oxygens (including phenoxy) is 2. The summed E-state index contributed by atoms with van der Waals surface area (Å²) < 4.78 is 10.5. The van der Waals surface area contributed by atoms with Crippen LogP contribution in [0.1, 0.15) is 124 Å². The third-order valence-corrected chi connectivity index (χ3v) is 4.97. The molecule has 0 amide bonds. The first-order valence-electron chi connectivity index (χ1n) is 11.9. The quantitative estimate of drug-likeness (QED) is 0.135. The zero-order valence-electron chi connectivity index (χ0n) is 19.2. The van der Waals surface area contributed by atoms with Crippen molar-refractivity contribution in [3.63, 3.8) is 0 Å². The van der Waals surface area contributed by atoms with Crippen molar-refractivity contribution < 1.29 is 19.1 Å². The van der Waals surface area contributed by atoms with E-state index >= 15 is 0 Å². The second kappa shape index (κ2) is 21.2. The molecule has 1 unspecified atom stereocenters. The van der Waals surface area contributed by atoms with Gasteiger partial charge in [0.1, 0.15) is 0 Å². The van der Waals surface area contributed by atoms with Gasteiger partial charge in [0.2, 0.25) is 0 Å². The molecule has 0 aliphatic heterocycles. The van der Waals surface area contributed by atoms with Crippen LogP contribution in [0.15, 0.2) is 0 Å². The van der Waals surface area contributed by atoms with Crippen LogP contribution in [0.2, 0.25) is 0 Å². The number of carbonyl (C=O) groups is 2. The van der Waals surface area contributed by atoms with Crippen molar-refractivity contribution in [1.82, 2.24) is 0 Å². The van der Waals surface area contributed by atoms with Crippen molar-refractivity contribution in [2.24, 2.45) is 0 Å². The van der Waals surface area contributed by atoms with E-state index in [4.69, 9.17) is 9.47 Å². The van der Waals surface area contributed by atoms with Crippen LogP contribution in [-0.2, 0) is 19.1 Å². The highest BCUT2D eigenvalue weighted by atomic mass is 16.5. The van der Waals surface area contributed by atoms with Crippen LogP contribution in [0.3, 0.4) is 0 Å². The Bertz CT molecular complexity index is 461. The summed E-state index contributed by atoms with van der Waals surface area (Å²) in [5.74, 6) is 5.08. The first kappa shape index (κ1) is 27.5. The van der Waals surface area contributed by atoms with Crippen LogP contribution >= 0.6 is 0 Å². The summed E-state index contributed by atoms with van der Waals surface area (Å²) in [6.07, 6.45) is 16.8. The van der Waals surface area contributed by atoms with Gasteiger partial charge in [0, 0.05) is 12.8 Å². The Kier molecular flexibility index (Phi) is 20.1. The SMILES string of the molecule is CC#CC(CC)OC(=O)CCCC(=O)OCCCCCCCCCCCCCC. The van der Waals surface area contributed by atoms with Gasteiger partial charge in [0.05, 0.1) is 6.61 Å². The molecular formula is C25H44O4. The van der Waals surface area contributed by atoms with Crippen molar-refractivity contribution in [2.75, 3.05) is 6.61 Å². The Hall–Kier alpha value is -1.50. The van der Waals surface area contributed by atoms with E-state index in [1.165, 1.54) is 64.2 Å². The number of rotatable bonds is 19. The fourth-order valence-electron chi connectivity index (χ4n) is 3.17. The molecule has 168 valence electrons. The lowest BCUT2D eigenvalue weighted by Gasteiger charge is -2.10. The molecule has 0 heterocycles. The number of carbonyl (C=O) groups excluding carboxylic acids is 2. The number of esters is 2. The monoisotopic (exact) mass is 408 g/mol. The zero-order chi connectivity index (χ0) is 21.6. The molecule has 0 saturated heterocycles. The Morgan fingerprint density at radius 3 is 1.76 bits per heavy atom. The Balaban J connectivity index is 3.41. The minimum absolute atomic E-state index is 0.221. The topological polar surface area (TPSA) is 52.6 Å². The molecule has 0 aliphatic rings. The first-order valence-corrected chi connectivity index (χ1v) is 11.9. The maximum absolute atomic E-state index is 11.7. The standard InChI is InChI=1S/C25H44O4/c1-4-7-8-9-10-11-12-13-14-15-16-17-22-28-24(26)20-18-21-25(27)29-23(6-3)19-5-2/h23H,4,6-18,20-22H2,1-3H3. The van der Waals surface area contributed by atoms with Crippen LogP contribution in [0.5, 0.6) is 0 Å². The van der Waals surface area contributed by atoms with Crippen molar-refractivity contribution in [2.45, 2.75) is 130 Å². The summed E-state index contributed by atoms with van der Waals surface area (Å²) in [6, 6.07) is 0. The number of hydrogen-bond acceptors (Lipinski definition) is 4. The van der Waals surface area contributed by atoms with E-state index < -0.39 is 0 Å². The summed E-state index contributed by atoms with van der Waals surface area (Å²) in [5.41, 5.74) is 0. The summed E-state index contributed by atoms with van der Waals surface area (Å²) in [6.45, 7) is 6.40. The van der Waals surface area contributed by atoms with Gasteiger partial charge in [-0.15, -0.1) is 5.92 Å². The highest BCUT2D eigenvalue weighted by molar-refractivity contribution is 5.72. The number of hydrogen-bond donors (Lipinski definition) is 0. The van der Waals surface area contributed by atoms with Crippen molar-refractivity contribution >= 4 is 11.9 Å². The minimum Gasteiger partial charge on any atom is -0.466 e. The lowest BCUT2D eigenvalue weighted by atomic mass is 10.1. The van der Waals surface area contributed by atoms with Gasteiger partial charge >= 0.3 is 11.9 Å². The van der Waals surface area contributed by atoms with Gasteiger partial charge in [-0.25, -0.2) is 0 Å². The molecule has 4 nitrogen and oxygen atoms in total. The van der Waals surface area contributed by atoms with E-state index in [-0.39, 0.29) is 30.9 Å². The third-order valence-electron chi connectivity index (χ3n) is 4.97. The molecule has 0 saturated carbocycles. The van der Waals surface area contributed by atoms with Gasteiger partial charge in [-0.3, -0.25) is 9.59 Å². The average Bonchev–Trinajstić information content (AvgIpc) is 2.71. The van der Waals surface area contributed by atoms with Crippen LogP contribution in [0.4, 0.5) is 0 Å². The highest BCUT2D eigenvalue weighted by Crippen LogP contribution is 2.12. The molecule has 0 spiro atoms. The molecule has 0 aromatic rings. The maximum atomic E-state index is 11.7. The van der Waals surface area contributed by atoms with Crippen molar-refractivity contribution in [1.29, 1.82) is 0 Å². The Morgan fingerprint density at radius 2 is 1.24 bits per heavy atom. The van der Waals surface area contributed by atoms with Gasteiger partial charge in [-0.1, -0.05) is 90.4 Å². The first-order chi connectivity index (χ1) is 14.1. The van der Waals surface area contributed by atoms with E-state index in [0.717, 1.165) is 12.8 Å². The Labute approximate surface area is 179 Å². The summed E-state index contributed by atoms with van der Waals surface area (Å²) in [4.78, 5) is 23.4. The molecule has 0 aromatic carbocycles. The van der Waals surface area contributed by atoms with Crippen LogP contribution in [0, 0.1) is 11.8 Å². The third kappa shape index (κ3) is 19.6. The van der Waals surface area contributed by atoms with Crippen LogP contribution in [0.25, 0.3) is 0 Å². The molecular weight excluding hydrogens is 364 g/mol. The molecule has 0 aromatic heterocycles. The van der Waals surface area contributed by atoms with Gasteiger partial charge in [-0.2, -0.15) is 0 Å². The average molecular weight is 409 g/mol. The summed E-state index contributed by atoms with van der Waals surface area (Å²) in [7, 11) is 0. The maximum Gasteiger partial charge on any atom is 0.307 e. The molecule has 4 heteroatoms. The van der Waals surface area contributed by atoms with Crippen molar-refractivity contribution in [3.8, 4) is 11.8 Å². The summed E-state index contributed by atoms with van der Waals surface area (Å²) in [5, 5.41) is 0. The number of unbranched alkanes of at least 4 members (excludes halogenated alkanes) is 11. The largest absolute Gasteiger partial charge is 0.466 e. The summed E-state index contributed by atoms with van der Waals surface area (Å²) >= 11 is 0. The van der Waals surface area contributed by atoms with Gasteiger partial charge < -0.3 is 9.47 Å².